The molecule has 0 bridgehead atoms. The van der Waals surface area contributed by atoms with Gasteiger partial charge in [0.25, 0.3) is 0 Å². The van der Waals surface area contributed by atoms with Crippen molar-refractivity contribution in [3.63, 3.8) is 0 Å². The Kier molecular flexibility index (Phi) is 3.57. The molecule has 1 fully saturated rings. The van der Waals surface area contributed by atoms with Crippen LogP contribution in [-0.4, -0.2) is 20.8 Å². The average molecular weight is 235 g/mol. The summed E-state index contributed by atoms with van der Waals surface area (Å²) in [5, 5.41) is 0. The van der Waals surface area contributed by atoms with Crippen molar-refractivity contribution in [1.29, 1.82) is 0 Å². The van der Waals surface area contributed by atoms with Crippen LogP contribution in [-0.2, 0) is 5.41 Å². The SMILES string of the molecule is COc1cccc(OC)c1C1(CN)CCCC1. The van der Waals surface area contributed by atoms with Gasteiger partial charge in [-0.05, 0) is 25.0 Å². The molecule has 1 aliphatic carbocycles. The summed E-state index contributed by atoms with van der Waals surface area (Å²) >= 11 is 0. The van der Waals surface area contributed by atoms with Gasteiger partial charge in [0.05, 0.1) is 14.2 Å². The summed E-state index contributed by atoms with van der Waals surface area (Å²) in [7, 11) is 3.41. The van der Waals surface area contributed by atoms with E-state index in [1.807, 2.05) is 18.2 Å². The predicted octanol–water partition coefficient (Wildman–Crippen LogP) is 2.47. The van der Waals surface area contributed by atoms with Gasteiger partial charge in [-0.25, -0.2) is 0 Å². The van der Waals surface area contributed by atoms with Crippen LogP contribution < -0.4 is 15.2 Å². The summed E-state index contributed by atoms with van der Waals surface area (Å²) in [6.45, 7) is 0.656. The highest BCUT2D eigenvalue weighted by Crippen LogP contribution is 2.47. The van der Waals surface area contributed by atoms with Crippen LogP contribution >= 0.6 is 0 Å². The van der Waals surface area contributed by atoms with Gasteiger partial charge in [0.15, 0.2) is 0 Å². The molecule has 0 atom stereocenters. The van der Waals surface area contributed by atoms with E-state index < -0.39 is 0 Å². The Balaban J connectivity index is 2.54. The average Bonchev–Trinajstić information content (AvgIpc) is 2.87. The summed E-state index contributed by atoms with van der Waals surface area (Å²) in [5.74, 6) is 1.80. The maximum Gasteiger partial charge on any atom is 0.126 e. The van der Waals surface area contributed by atoms with Gasteiger partial charge >= 0.3 is 0 Å². The van der Waals surface area contributed by atoms with E-state index in [0.717, 1.165) is 29.9 Å². The fourth-order valence-electron chi connectivity index (χ4n) is 2.98. The summed E-state index contributed by atoms with van der Waals surface area (Å²) < 4.78 is 11.0. The highest BCUT2D eigenvalue weighted by Gasteiger charge is 2.38. The Morgan fingerprint density at radius 1 is 1.12 bits per heavy atom. The molecule has 3 nitrogen and oxygen atoms in total. The minimum atomic E-state index is 0.0396. The largest absolute Gasteiger partial charge is 0.496 e. The molecule has 0 spiro atoms. The van der Waals surface area contributed by atoms with E-state index in [0.29, 0.717) is 6.54 Å². The van der Waals surface area contributed by atoms with Crippen molar-refractivity contribution < 1.29 is 9.47 Å². The van der Waals surface area contributed by atoms with Gasteiger partial charge in [-0.2, -0.15) is 0 Å². The maximum atomic E-state index is 6.04. The molecule has 1 aromatic rings. The minimum absolute atomic E-state index is 0.0396. The lowest BCUT2D eigenvalue weighted by Gasteiger charge is -2.31. The summed E-state index contributed by atoms with van der Waals surface area (Å²) in [6, 6.07) is 5.95. The molecule has 0 heterocycles. The molecule has 2 rings (SSSR count). The Morgan fingerprint density at radius 3 is 2.06 bits per heavy atom. The normalized spacial score (nSPS) is 18.1. The number of methoxy groups -OCH3 is 2. The second kappa shape index (κ2) is 4.96. The minimum Gasteiger partial charge on any atom is -0.496 e. The number of hydrogen-bond acceptors (Lipinski definition) is 3. The third kappa shape index (κ3) is 2.00. The Hall–Kier alpha value is -1.22. The van der Waals surface area contributed by atoms with Crippen molar-refractivity contribution in [2.75, 3.05) is 20.8 Å². The van der Waals surface area contributed by atoms with Gasteiger partial charge in [-0.1, -0.05) is 18.9 Å². The zero-order chi connectivity index (χ0) is 12.3. The topological polar surface area (TPSA) is 44.5 Å². The van der Waals surface area contributed by atoms with E-state index in [4.69, 9.17) is 15.2 Å². The second-order valence-corrected chi connectivity index (χ2v) is 4.73. The van der Waals surface area contributed by atoms with Crippen molar-refractivity contribution >= 4 is 0 Å². The van der Waals surface area contributed by atoms with Gasteiger partial charge in [0, 0.05) is 17.5 Å². The van der Waals surface area contributed by atoms with Crippen molar-refractivity contribution in [3.05, 3.63) is 23.8 Å². The molecular formula is C14H21NO2. The Morgan fingerprint density at radius 2 is 1.65 bits per heavy atom. The summed E-state index contributed by atoms with van der Waals surface area (Å²) in [5.41, 5.74) is 7.23. The number of ether oxygens (including phenoxy) is 2. The lowest BCUT2D eigenvalue weighted by molar-refractivity contribution is 0.347. The molecule has 94 valence electrons. The molecule has 0 radical (unpaired) electrons. The first-order valence-corrected chi connectivity index (χ1v) is 6.19. The Bertz CT molecular complexity index is 362. The fraction of sp³-hybridized carbons (Fsp3) is 0.571. The molecular weight excluding hydrogens is 214 g/mol. The number of rotatable bonds is 4. The van der Waals surface area contributed by atoms with Crippen molar-refractivity contribution in [3.8, 4) is 11.5 Å². The van der Waals surface area contributed by atoms with E-state index in [2.05, 4.69) is 0 Å². The van der Waals surface area contributed by atoms with E-state index >= 15 is 0 Å². The van der Waals surface area contributed by atoms with Crippen molar-refractivity contribution in [1.82, 2.24) is 0 Å². The van der Waals surface area contributed by atoms with E-state index in [1.165, 1.54) is 12.8 Å². The molecule has 1 aliphatic rings. The van der Waals surface area contributed by atoms with Crippen LogP contribution in [0.25, 0.3) is 0 Å². The molecule has 3 heteroatoms. The highest BCUT2D eigenvalue weighted by molar-refractivity contribution is 5.50. The van der Waals surface area contributed by atoms with Crippen LogP contribution in [0.15, 0.2) is 18.2 Å². The lowest BCUT2D eigenvalue weighted by atomic mass is 9.78. The van der Waals surface area contributed by atoms with Gasteiger partial charge in [0.2, 0.25) is 0 Å². The van der Waals surface area contributed by atoms with Crippen LogP contribution in [0, 0.1) is 0 Å². The van der Waals surface area contributed by atoms with Crippen LogP contribution in [0.3, 0.4) is 0 Å². The van der Waals surface area contributed by atoms with E-state index in [9.17, 15) is 0 Å². The van der Waals surface area contributed by atoms with E-state index in [1.54, 1.807) is 14.2 Å². The fourth-order valence-corrected chi connectivity index (χ4v) is 2.98. The predicted molar refractivity (Wildman–Crippen MR) is 68.7 cm³/mol. The number of benzene rings is 1. The molecule has 2 N–H and O–H groups in total. The standard InChI is InChI=1S/C14H21NO2/c1-16-11-6-5-7-12(17-2)13(11)14(10-15)8-3-4-9-14/h5-7H,3-4,8-10,15H2,1-2H3. The third-order valence-corrected chi connectivity index (χ3v) is 3.91. The van der Waals surface area contributed by atoms with Gasteiger partial charge < -0.3 is 15.2 Å². The van der Waals surface area contributed by atoms with Crippen molar-refractivity contribution in [2.24, 2.45) is 5.73 Å². The van der Waals surface area contributed by atoms with Gasteiger partial charge in [-0.15, -0.1) is 0 Å². The molecule has 0 aromatic heterocycles. The molecule has 0 aliphatic heterocycles. The maximum absolute atomic E-state index is 6.04. The van der Waals surface area contributed by atoms with E-state index in [-0.39, 0.29) is 5.41 Å². The van der Waals surface area contributed by atoms with Crippen LogP contribution in [0.1, 0.15) is 31.2 Å². The van der Waals surface area contributed by atoms with Crippen LogP contribution in [0.5, 0.6) is 11.5 Å². The molecule has 1 saturated carbocycles. The molecule has 0 saturated heterocycles. The number of nitrogens with two attached hydrogens (primary N) is 1. The highest BCUT2D eigenvalue weighted by atomic mass is 16.5. The first-order valence-electron chi connectivity index (χ1n) is 6.19. The lowest BCUT2D eigenvalue weighted by Crippen LogP contribution is -2.33. The van der Waals surface area contributed by atoms with Crippen LogP contribution in [0.2, 0.25) is 0 Å². The molecule has 0 unspecified atom stereocenters. The van der Waals surface area contributed by atoms with Gasteiger partial charge in [-0.3, -0.25) is 0 Å². The summed E-state index contributed by atoms with van der Waals surface area (Å²) in [6.07, 6.45) is 4.72. The van der Waals surface area contributed by atoms with Crippen LogP contribution in [0.4, 0.5) is 0 Å². The first kappa shape index (κ1) is 12.2. The molecule has 17 heavy (non-hydrogen) atoms. The van der Waals surface area contributed by atoms with Crippen molar-refractivity contribution in [2.45, 2.75) is 31.1 Å². The first-order chi connectivity index (χ1) is 8.27. The summed E-state index contributed by atoms with van der Waals surface area (Å²) in [4.78, 5) is 0. The zero-order valence-corrected chi connectivity index (χ0v) is 10.7. The quantitative estimate of drug-likeness (QED) is 0.872. The third-order valence-electron chi connectivity index (χ3n) is 3.91. The zero-order valence-electron chi connectivity index (χ0n) is 10.7. The second-order valence-electron chi connectivity index (χ2n) is 4.73. The molecule has 1 aromatic carbocycles. The smallest absolute Gasteiger partial charge is 0.126 e. The monoisotopic (exact) mass is 235 g/mol. The van der Waals surface area contributed by atoms with Gasteiger partial charge in [0.1, 0.15) is 11.5 Å². The number of hydrogen-bond donors (Lipinski definition) is 1. The Labute approximate surface area is 103 Å². The molecule has 0 amide bonds.